The van der Waals surface area contributed by atoms with Crippen LogP contribution in [-0.4, -0.2) is 59.9 Å². The van der Waals surface area contributed by atoms with E-state index in [2.05, 4.69) is 12.2 Å². The number of nitrogens with zero attached hydrogens (tertiary/aromatic N) is 1. The van der Waals surface area contributed by atoms with Gasteiger partial charge >= 0.3 is 35.5 Å². The summed E-state index contributed by atoms with van der Waals surface area (Å²) in [5, 5.41) is 33.5. The van der Waals surface area contributed by atoms with Crippen LogP contribution in [0.3, 0.4) is 0 Å². The van der Waals surface area contributed by atoms with E-state index in [9.17, 15) is 15.0 Å². The fourth-order valence-corrected chi connectivity index (χ4v) is 2.16. The summed E-state index contributed by atoms with van der Waals surface area (Å²) in [6, 6.07) is 0. The van der Waals surface area contributed by atoms with Crippen LogP contribution in [0.4, 0.5) is 0 Å². The molecule has 0 aliphatic carbocycles. The molecule has 0 aromatic heterocycles. The number of unbranched alkanes of at least 4 members (excludes halogenated alkanes) is 2. The summed E-state index contributed by atoms with van der Waals surface area (Å²) in [6.07, 6.45) is 5.91. The van der Waals surface area contributed by atoms with E-state index in [-0.39, 0.29) is 54.4 Å². The number of carboxylic acid groups (broad SMARTS) is 1. The number of allylic oxidation sites excluding steroid dienone is 1. The van der Waals surface area contributed by atoms with Crippen LogP contribution >= 0.6 is 0 Å². The molecule has 24 heavy (non-hydrogen) atoms. The molecule has 0 saturated heterocycles. The quantitative estimate of drug-likeness (QED) is 0.178. The van der Waals surface area contributed by atoms with Crippen molar-refractivity contribution >= 4 is 5.97 Å². The molecule has 3 N–H and O–H groups in total. The molecule has 1 atom stereocenters. The van der Waals surface area contributed by atoms with E-state index >= 15 is 0 Å². The topological polar surface area (TPSA) is 95.9 Å². The van der Waals surface area contributed by atoms with Gasteiger partial charge in [0.05, 0.1) is 12.5 Å². The monoisotopic (exact) mass is 352 g/mol. The third-order valence-electron chi connectivity index (χ3n) is 3.56. The van der Waals surface area contributed by atoms with Crippen molar-refractivity contribution in [2.24, 2.45) is 0 Å². The normalized spacial score (nSPS) is 12.9. The van der Waals surface area contributed by atoms with Gasteiger partial charge in [-0.15, -0.1) is 5.76 Å². The molecule has 1 unspecified atom stereocenters. The van der Waals surface area contributed by atoms with Crippen molar-refractivity contribution in [1.82, 2.24) is 10.2 Å². The molecule has 0 aliphatic heterocycles. The summed E-state index contributed by atoms with van der Waals surface area (Å²) in [5.41, 5.74) is 0. The maximum Gasteiger partial charge on any atom is 1.00 e. The standard InChI is InChI=1S/C17H34N2O4.Na/c1-3-5-7-15(20)13-18-10-12-19(11-9-17(22)23)14-16(21)8-6-4-2;/h8,15,18,20-21H,3-7,9-14H2,1-2H3,(H,22,23);/q;+1/p-1/b16-8-;. The first-order valence-electron chi connectivity index (χ1n) is 8.68. The van der Waals surface area contributed by atoms with E-state index in [1.165, 1.54) is 0 Å². The van der Waals surface area contributed by atoms with Crippen LogP contribution in [0, 0.1) is 0 Å². The summed E-state index contributed by atoms with van der Waals surface area (Å²) in [4.78, 5) is 12.6. The van der Waals surface area contributed by atoms with E-state index in [1.807, 2.05) is 11.8 Å². The molecule has 0 spiro atoms. The first kappa shape index (κ1) is 26.1. The fraction of sp³-hybridized carbons (Fsp3) is 0.824. The maximum atomic E-state index is 11.8. The van der Waals surface area contributed by atoms with E-state index in [0.717, 1.165) is 32.1 Å². The Kier molecular flexibility index (Phi) is 19.3. The first-order chi connectivity index (χ1) is 11.0. The van der Waals surface area contributed by atoms with E-state index < -0.39 is 5.97 Å². The first-order valence-corrected chi connectivity index (χ1v) is 8.68. The molecule has 136 valence electrons. The average Bonchev–Trinajstić information content (AvgIpc) is 2.52. The second kappa shape index (κ2) is 17.7. The molecule has 0 aromatic rings. The van der Waals surface area contributed by atoms with Gasteiger partial charge in [0.2, 0.25) is 0 Å². The smallest absolute Gasteiger partial charge is 0.875 e. The molecule has 0 bridgehead atoms. The molecule has 0 fully saturated rings. The summed E-state index contributed by atoms with van der Waals surface area (Å²) in [6.45, 7) is 6.48. The zero-order chi connectivity index (χ0) is 17.5. The number of aliphatic carboxylic acids is 1. The van der Waals surface area contributed by atoms with Crippen LogP contribution in [0.25, 0.3) is 0 Å². The molecular weight excluding hydrogens is 319 g/mol. The molecule has 0 aromatic carbocycles. The molecule has 0 radical (unpaired) electrons. The molecule has 0 amide bonds. The van der Waals surface area contributed by atoms with Gasteiger partial charge in [-0.25, -0.2) is 0 Å². The van der Waals surface area contributed by atoms with Gasteiger partial charge in [0, 0.05) is 32.7 Å². The zero-order valence-corrected chi connectivity index (χ0v) is 17.6. The molecular formula is C17H33N2NaO4. The van der Waals surface area contributed by atoms with Gasteiger partial charge in [-0.2, -0.15) is 0 Å². The van der Waals surface area contributed by atoms with Gasteiger partial charge in [0.1, 0.15) is 0 Å². The third-order valence-corrected chi connectivity index (χ3v) is 3.56. The second-order valence-electron chi connectivity index (χ2n) is 5.88. The number of rotatable bonds is 15. The predicted molar refractivity (Wildman–Crippen MR) is 90.1 cm³/mol. The number of hydrogen-bond donors (Lipinski definition) is 3. The van der Waals surface area contributed by atoms with Crippen LogP contribution < -0.4 is 40.0 Å². The Morgan fingerprint density at radius 2 is 2.00 bits per heavy atom. The summed E-state index contributed by atoms with van der Waals surface area (Å²) in [7, 11) is 0. The summed E-state index contributed by atoms with van der Waals surface area (Å²) in [5.74, 6) is -0.817. The van der Waals surface area contributed by atoms with Crippen molar-refractivity contribution < 1.29 is 49.7 Å². The Balaban J connectivity index is 0. The summed E-state index contributed by atoms with van der Waals surface area (Å²) < 4.78 is 0. The Hall–Kier alpha value is -0.110. The Morgan fingerprint density at radius 1 is 1.29 bits per heavy atom. The van der Waals surface area contributed by atoms with Crippen molar-refractivity contribution in [1.29, 1.82) is 0 Å². The average molecular weight is 352 g/mol. The minimum atomic E-state index is -0.858. The van der Waals surface area contributed by atoms with Crippen molar-refractivity contribution in [3.05, 3.63) is 11.8 Å². The van der Waals surface area contributed by atoms with E-state index in [4.69, 9.17) is 5.11 Å². The largest absolute Gasteiger partial charge is 1.00 e. The molecule has 0 heterocycles. The Bertz CT molecular complexity index is 341. The van der Waals surface area contributed by atoms with Gasteiger partial charge in [0.25, 0.3) is 0 Å². The van der Waals surface area contributed by atoms with Gasteiger partial charge in [-0.1, -0.05) is 39.2 Å². The number of aliphatic hydroxyl groups is 1. The van der Waals surface area contributed by atoms with Crippen LogP contribution in [0.5, 0.6) is 0 Å². The predicted octanol–water partition coefficient (Wildman–Crippen LogP) is -2.05. The minimum absolute atomic E-state index is 0. The number of aliphatic hydroxyl groups excluding tert-OH is 1. The number of hydrogen-bond acceptors (Lipinski definition) is 5. The molecule has 0 saturated carbocycles. The zero-order valence-electron chi connectivity index (χ0n) is 15.6. The van der Waals surface area contributed by atoms with Crippen molar-refractivity contribution in [2.75, 3.05) is 32.7 Å². The van der Waals surface area contributed by atoms with Crippen LogP contribution in [0.1, 0.15) is 52.4 Å². The fourth-order valence-electron chi connectivity index (χ4n) is 2.16. The molecule has 7 heteroatoms. The maximum absolute atomic E-state index is 11.8. The number of nitrogens with one attached hydrogen (secondary N) is 1. The minimum Gasteiger partial charge on any atom is -0.875 e. The molecule has 0 aliphatic rings. The van der Waals surface area contributed by atoms with Crippen LogP contribution in [-0.2, 0) is 4.79 Å². The van der Waals surface area contributed by atoms with Gasteiger partial charge in [-0.05, 0) is 12.8 Å². The van der Waals surface area contributed by atoms with Gasteiger partial charge in [-0.3, -0.25) is 9.69 Å². The van der Waals surface area contributed by atoms with Crippen molar-refractivity contribution in [3.8, 4) is 0 Å². The molecule has 6 nitrogen and oxygen atoms in total. The van der Waals surface area contributed by atoms with E-state index in [0.29, 0.717) is 26.2 Å². The van der Waals surface area contributed by atoms with Crippen LogP contribution in [0.2, 0.25) is 0 Å². The van der Waals surface area contributed by atoms with Crippen LogP contribution in [0.15, 0.2) is 11.8 Å². The molecule has 0 rings (SSSR count). The third kappa shape index (κ3) is 16.7. The Labute approximate surface area is 168 Å². The van der Waals surface area contributed by atoms with Gasteiger partial charge < -0.3 is 20.6 Å². The van der Waals surface area contributed by atoms with E-state index in [1.54, 1.807) is 6.08 Å². The SMILES string of the molecule is CCC/C=C(\[O-])CN(CCNCC(O)CCCC)CCC(=O)O.[Na+]. The van der Waals surface area contributed by atoms with Crippen molar-refractivity contribution in [2.45, 2.75) is 58.5 Å². The second-order valence-corrected chi connectivity index (χ2v) is 5.88. The van der Waals surface area contributed by atoms with Gasteiger partial charge in [0.15, 0.2) is 0 Å². The van der Waals surface area contributed by atoms with Crippen molar-refractivity contribution in [3.63, 3.8) is 0 Å². The summed E-state index contributed by atoms with van der Waals surface area (Å²) >= 11 is 0. The number of carboxylic acids is 1. The Morgan fingerprint density at radius 3 is 2.58 bits per heavy atom. The number of carbonyl (C=O) groups is 1.